The van der Waals surface area contributed by atoms with E-state index in [1.54, 1.807) is 0 Å². The van der Waals surface area contributed by atoms with Crippen LogP contribution in [0.2, 0.25) is 0 Å². The van der Waals surface area contributed by atoms with Gasteiger partial charge in [-0.25, -0.2) is 0 Å². The molecule has 1 heterocycles. The fourth-order valence-electron chi connectivity index (χ4n) is 3.04. The monoisotopic (exact) mass is 290 g/mol. The lowest BCUT2D eigenvalue weighted by Crippen LogP contribution is -2.38. The fourth-order valence-corrected chi connectivity index (χ4v) is 3.04. The standard InChI is InChI=1S/C14H26N2O2.ClH/c15-13-3-1-2-12(10-13)14(17)16-7-4-11-5-8-18-9-6-11;/h11-13H,1-10,15H2,(H,16,17);1H. The van der Waals surface area contributed by atoms with Crippen LogP contribution < -0.4 is 11.1 Å². The summed E-state index contributed by atoms with van der Waals surface area (Å²) < 4.78 is 5.33. The van der Waals surface area contributed by atoms with Crippen molar-refractivity contribution >= 4 is 18.3 Å². The summed E-state index contributed by atoms with van der Waals surface area (Å²) in [5.74, 6) is 1.10. The van der Waals surface area contributed by atoms with Crippen molar-refractivity contribution in [1.29, 1.82) is 0 Å². The van der Waals surface area contributed by atoms with Gasteiger partial charge in [0.15, 0.2) is 0 Å². The molecule has 2 aliphatic rings. The molecule has 5 heteroatoms. The average Bonchev–Trinajstić information content (AvgIpc) is 2.40. The third kappa shape index (κ3) is 5.67. The van der Waals surface area contributed by atoms with Gasteiger partial charge in [0.05, 0.1) is 0 Å². The maximum absolute atomic E-state index is 12.0. The molecule has 0 radical (unpaired) electrons. The maximum Gasteiger partial charge on any atom is 0.223 e. The first-order valence-electron chi connectivity index (χ1n) is 7.36. The van der Waals surface area contributed by atoms with Crippen LogP contribution in [0.3, 0.4) is 0 Å². The number of nitrogens with two attached hydrogens (primary N) is 1. The van der Waals surface area contributed by atoms with Gasteiger partial charge in [-0.1, -0.05) is 6.42 Å². The van der Waals surface area contributed by atoms with Gasteiger partial charge in [-0.2, -0.15) is 0 Å². The minimum Gasteiger partial charge on any atom is -0.381 e. The molecule has 2 atom stereocenters. The summed E-state index contributed by atoms with van der Waals surface area (Å²) in [4.78, 5) is 12.0. The first-order valence-corrected chi connectivity index (χ1v) is 7.36. The molecule has 1 amide bonds. The van der Waals surface area contributed by atoms with Crippen LogP contribution >= 0.6 is 12.4 Å². The number of rotatable bonds is 4. The predicted octanol–water partition coefficient (Wildman–Crippen LogP) is 1.86. The maximum atomic E-state index is 12.0. The number of amides is 1. The summed E-state index contributed by atoms with van der Waals surface area (Å²) in [7, 11) is 0. The Hall–Kier alpha value is -0.320. The molecule has 2 unspecified atom stereocenters. The van der Waals surface area contributed by atoms with Crippen LogP contribution in [0.15, 0.2) is 0 Å². The molecule has 0 aromatic rings. The topological polar surface area (TPSA) is 64.4 Å². The van der Waals surface area contributed by atoms with Crippen molar-refractivity contribution in [3.05, 3.63) is 0 Å². The van der Waals surface area contributed by atoms with E-state index in [4.69, 9.17) is 10.5 Å². The Labute approximate surface area is 122 Å². The summed E-state index contributed by atoms with van der Waals surface area (Å²) >= 11 is 0. The lowest BCUT2D eigenvalue weighted by Gasteiger charge is -2.26. The molecule has 1 saturated carbocycles. The van der Waals surface area contributed by atoms with Gasteiger partial charge in [-0.15, -0.1) is 12.4 Å². The molecule has 19 heavy (non-hydrogen) atoms. The van der Waals surface area contributed by atoms with E-state index in [1.165, 1.54) is 0 Å². The summed E-state index contributed by atoms with van der Waals surface area (Å²) in [6, 6.07) is 0.227. The van der Waals surface area contributed by atoms with Crippen LogP contribution in [0.5, 0.6) is 0 Å². The van der Waals surface area contributed by atoms with Gasteiger partial charge in [-0.3, -0.25) is 4.79 Å². The molecule has 2 fully saturated rings. The zero-order chi connectivity index (χ0) is 12.8. The van der Waals surface area contributed by atoms with Crippen LogP contribution in [0.1, 0.15) is 44.9 Å². The Morgan fingerprint density at radius 3 is 2.63 bits per heavy atom. The van der Waals surface area contributed by atoms with Crippen molar-refractivity contribution in [2.45, 2.75) is 51.0 Å². The van der Waals surface area contributed by atoms with E-state index in [0.29, 0.717) is 0 Å². The molecule has 0 aromatic carbocycles. The molecule has 0 spiro atoms. The molecular weight excluding hydrogens is 264 g/mol. The van der Waals surface area contributed by atoms with E-state index in [9.17, 15) is 4.79 Å². The Morgan fingerprint density at radius 2 is 1.95 bits per heavy atom. The quantitative estimate of drug-likeness (QED) is 0.831. The second-order valence-electron chi connectivity index (χ2n) is 5.76. The van der Waals surface area contributed by atoms with Gasteiger partial charge in [0.25, 0.3) is 0 Å². The summed E-state index contributed by atoms with van der Waals surface area (Å²) in [5.41, 5.74) is 5.91. The lowest BCUT2D eigenvalue weighted by molar-refractivity contribution is -0.126. The second kappa shape index (κ2) is 8.77. The Morgan fingerprint density at radius 1 is 1.21 bits per heavy atom. The summed E-state index contributed by atoms with van der Waals surface area (Å²) in [5, 5.41) is 3.08. The van der Waals surface area contributed by atoms with E-state index in [-0.39, 0.29) is 30.3 Å². The van der Waals surface area contributed by atoms with Crippen molar-refractivity contribution in [2.75, 3.05) is 19.8 Å². The van der Waals surface area contributed by atoms with E-state index in [1.807, 2.05) is 0 Å². The van der Waals surface area contributed by atoms with Crippen molar-refractivity contribution in [3.63, 3.8) is 0 Å². The Bertz CT molecular complexity index is 270. The van der Waals surface area contributed by atoms with Crippen molar-refractivity contribution in [2.24, 2.45) is 17.6 Å². The fraction of sp³-hybridized carbons (Fsp3) is 0.929. The largest absolute Gasteiger partial charge is 0.381 e. The molecule has 1 saturated heterocycles. The van der Waals surface area contributed by atoms with Gasteiger partial charge < -0.3 is 15.8 Å². The molecule has 1 aliphatic heterocycles. The number of nitrogens with one attached hydrogen (secondary N) is 1. The van der Waals surface area contributed by atoms with Gasteiger partial charge in [0.1, 0.15) is 0 Å². The molecule has 4 nitrogen and oxygen atoms in total. The highest BCUT2D eigenvalue weighted by Crippen LogP contribution is 2.23. The molecule has 0 bridgehead atoms. The Balaban J connectivity index is 0.00000180. The minimum atomic E-state index is 0. The SMILES string of the molecule is Cl.NC1CCCC(C(=O)NCCC2CCOCC2)C1. The number of hydrogen-bond acceptors (Lipinski definition) is 3. The van der Waals surface area contributed by atoms with E-state index >= 15 is 0 Å². The average molecular weight is 291 g/mol. The predicted molar refractivity (Wildman–Crippen MR) is 78.4 cm³/mol. The highest BCUT2D eigenvalue weighted by Gasteiger charge is 2.25. The van der Waals surface area contributed by atoms with Gasteiger partial charge in [0.2, 0.25) is 5.91 Å². The number of halogens is 1. The highest BCUT2D eigenvalue weighted by atomic mass is 35.5. The van der Waals surface area contributed by atoms with Crippen molar-refractivity contribution < 1.29 is 9.53 Å². The smallest absolute Gasteiger partial charge is 0.223 e. The third-order valence-electron chi connectivity index (χ3n) is 4.28. The van der Waals surface area contributed by atoms with E-state index < -0.39 is 0 Å². The second-order valence-corrected chi connectivity index (χ2v) is 5.76. The normalized spacial score (nSPS) is 28.5. The Kier molecular flexibility index (Phi) is 7.73. The summed E-state index contributed by atoms with van der Waals surface area (Å²) in [6.45, 7) is 2.58. The highest BCUT2D eigenvalue weighted by molar-refractivity contribution is 5.85. The van der Waals surface area contributed by atoms with Crippen LogP contribution in [0.25, 0.3) is 0 Å². The van der Waals surface area contributed by atoms with E-state index in [2.05, 4.69) is 5.32 Å². The van der Waals surface area contributed by atoms with Crippen LogP contribution in [-0.2, 0) is 9.53 Å². The van der Waals surface area contributed by atoms with Crippen LogP contribution in [-0.4, -0.2) is 31.7 Å². The molecular formula is C14H27ClN2O2. The van der Waals surface area contributed by atoms with Crippen molar-refractivity contribution in [1.82, 2.24) is 5.32 Å². The van der Waals surface area contributed by atoms with Crippen LogP contribution in [0, 0.1) is 11.8 Å². The third-order valence-corrected chi connectivity index (χ3v) is 4.28. The van der Waals surface area contributed by atoms with Gasteiger partial charge in [-0.05, 0) is 44.4 Å². The molecule has 3 N–H and O–H groups in total. The lowest BCUT2D eigenvalue weighted by atomic mass is 9.85. The summed E-state index contributed by atoms with van der Waals surface area (Å²) in [6.07, 6.45) is 7.42. The molecule has 0 aromatic heterocycles. The molecule has 1 aliphatic carbocycles. The number of carbonyl (C=O) groups excluding carboxylic acids is 1. The van der Waals surface area contributed by atoms with Crippen molar-refractivity contribution in [3.8, 4) is 0 Å². The minimum absolute atomic E-state index is 0. The number of hydrogen-bond donors (Lipinski definition) is 2. The number of ether oxygens (including phenoxy) is 1. The molecule has 2 rings (SSSR count). The number of carbonyl (C=O) groups is 1. The first kappa shape index (κ1) is 16.7. The first-order chi connectivity index (χ1) is 8.75. The zero-order valence-electron chi connectivity index (χ0n) is 11.6. The van der Waals surface area contributed by atoms with Gasteiger partial charge >= 0.3 is 0 Å². The van der Waals surface area contributed by atoms with Gasteiger partial charge in [0, 0.05) is 31.7 Å². The zero-order valence-corrected chi connectivity index (χ0v) is 12.4. The van der Waals surface area contributed by atoms with E-state index in [0.717, 1.165) is 70.6 Å². The van der Waals surface area contributed by atoms with Crippen LogP contribution in [0.4, 0.5) is 0 Å². The molecule has 112 valence electrons.